The van der Waals surface area contributed by atoms with E-state index in [-0.39, 0.29) is 6.42 Å². The Labute approximate surface area is 97.5 Å². The summed E-state index contributed by atoms with van der Waals surface area (Å²) in [5.74, 6) is 0. The van der Waals surface area contributed by atoms with Crippen LogP contribution < -0.4 is 5.73 Å². The summed E-state index contributed by atoms with van der Waals surface area (Å²) < 4.78 is 41.1. The van der Waals surface area contributed by atoms with Crippen molar-refractivity contribution in [2.45, 2.75) is 44.5 Å². The highest BCUT2D eigenvalue weighted by Gasteiger charge is 2.20. The lowest BCUT2D eigenvalue weighted by atomic mass is 10.2. The number of unbranched alkanes of at least 4 members (excludes halogenated alkanes) is 3. The Hall–Kier alpha value is -0.460. The van der Waals surface area contributed by atoms with Gasteiger partial charge in [-0.1, -0.05) is 32.3 Å². The Balaban J connectivity index is 0. The highest BCUT2D eigenvalue weighted by molar-refractivity contribution is 7.86. The molecule has 0 spiro atoms. The first-order chi connectivity index (χ1) is 7.40. The molecule has 0 saturated heterocycles. The third kappa shape index (κ3) is 13.5. The van der Waals surface area contributed by atoms with Crippen LogP contribution in [-0.2, 0) is 10.1 Å². The van der Waals surface area contributed by atoms with Crippen LogP contribution in [0.2, 0.25) is 0 Å². The molecule has 0 aromatic rings. The number of hydrogen-bond acceptors (Lipinski definition) is 3. The van der Waals surface area contributed by atoms with E-state index in [2.05, 4.69) is 6.58 Å². The van der Waals surface area contributed by atoms with E-state index in [1.165, 1.54) is 0 Å². The van der Waals surface area contributed by atoms with E-state index in [4.69, 9.17) is 10.3 Å². The molecule has 0 aliphatic heterocycles. The SMILES string of the molecule is C=CCN.CCCCCCC(F)S(=O)(=O)O. The molecule has 16 heavy (non-hydrogen) atoms. The van der Waals surface area contributed by atoms with Gasteiger partial charge in [0.1, 0.15) is 0 Å². The standard InChI is InChI=1S/C7H15FO3S.C3H7N/c1-2-3-4-5-6-7(8)12(9,10)11;1-2-3-4/h7H,2-6H2,1H3,(H,9,10,11);2H,1,3-4H2. The molecule has 4 nitrogen and oxygen atoms in total. The molecule has 0 amide bonds. The van der Waals surface area contributed by atoms with Crippen molar-refractivity contribution >= 4 is 10.1 Å². The molecule has 0 aromatic heterocycles. The topological polar surface area (TPSA) is 80.4 Å². The van der Waals surface area contributed by atoms with Crippen LogP contribution in [0.4, 0.5) is 4.39 Å². The highest BCUT2D eigenvalue weighted by atomic mass is 32.2. The van der Waals surface area contributed by atoms with Gasteiger partial charge in [-0.05, 0) is 12.8 Å². The summed E-state index contributed by atoms with van der Waals surface area (Å²) in [7, 11) is -4.46. The van der Waals surface area contributed by atoms with Crippen molar-refractivity contribution in [3.05, 3.63) is 12.7 Å². The minimum absolute atomic E-state index is 0.0984. The molecule has 0 aromatic carbocycles. The van der Waals surface area contributed by atoms with E-state index in [0.29, 0.717) is 13.0 Å². The van der Waals surface area contributed by atoms with Crippen molar-refractivity contribution in [2.75, 3.05) is 6.54 Å². The zero-order valence-corrected chi connectivity index (χ0v) is 10.5. The first-order valence-electron chi connectivity index (χ1n) is 5.31. The van der Waals surface area contributed by atoms with Crippen LogP contribution in [0, 0.1) is 0 Å². The second-order valence-corrected chi connectivity index (χ2v) is 4.84. The third-order valence-electron chi connectivity index (χ3n) is 1.77. The average molecular weight is 255 g/mol. The molecular weight excluding hydrogens is 233 g/mol. The molecule has 0 radical (unpaired) electrons. The molecule has 0 saturated carbocycles. The molecule has 0 aliphatic rings. The maximum atomic E-state index is 12.5. The average Bonchev–Trinajstić information content (AvgIpc) is 2.23. The van der Waals surface area contributed by atoms with Gasteiger partial charge in [0.15, 0.2) is 0 Å². The molecule has 0 rings (SSSR count). The van der Waals surface area contributed by atoms with Gasteiger partial charge in [-0.2, -0.15) is 8.42 Å². The van der Waals surface area contributed by atoms with Gasteiger partial charge < -0.3 is 5.73 Å². The lowest BCUT2D eigenvalue weighted by Gasteiger charge is -2.03. The van der Waals surface area contributed by atoms with Gasteiger partial charge in [-0.25, -0.2) is 4.39 Å². The zero-order valence-electron chi connectivity index (χ0n) is 9.73. The maximum absolute atomic E-state index is 12.5. The lowest BCUT2D eigenvalue weighted by molar-refractivity contribution is 0.350. The monoisotopic (exact) mass is 255 g/mol. The van der Waals surface area contributed by atoms with E-state index in [0.717, 1.165) is 19.3 Å². The van der Waals surface area contributed by atoms with E-state index in [1.54, 1.807) is 6.08 Å². The molecule has 0 heterocycles. The minimum Gasteiger partial charge on any atom is -0.327 e. The zero-order chi connectivity index (χ0) is 13.0. The molecule has 1 atom stereocenters. The Morgan fingerprint density at radius 3 is 2.25 bits per heavy atom. The van der Waals surface area contributed by atoms with Gasteiger partial charge in [-0.3, -0.25) is 4.55 Å². The Morgan fingerprint density at radius 2 is 1.94 bits per heavy atom. The van der Waals surface area contributed by atoms with Crippen LogP contribution in [0.15, 0.2) is 12.7 Å². The van der Waals surface area contributed by atoms with Crippen molar-refractivity contribution in [2.24, 2.45) is 5.73 Å². The van der Waals surface area contributed by atoms with Crippen LogP contribution >= 0.6 is 0 Å². The Morgan fingerprint density at radius 1 is 1.44 bits per heavy atom. The quantitative estimate of drug-likeness (QED) is 0.415. The normalized spacial score (nSPS) is 12.5. The van der Waals surface area contributed by atoms with Gasteiger partial charge in [0.05, 0.1) is 0 Å². The van der Waals surface area contributed by atoms with Crippen molar-refractivity contribution in [3.8, 4) is 0 Å². The summed E-state index contributed by atoms with van der Waals surface area (Å²) >= 11 is 0. The van der Waals surface area contributed by atoms with E-state index in [1.807, 2.05) is 6.92 Å². The second-order valence-electron chi connectivity index (χ2n) is 3.30. The fourth-order valence-corrected chi connectivity index (χ4v) is 1.35. The van der Waals surface area contributed by atoms with Crippen LogP contribution in [0.5, 0.6) is 0 Å². The smallest absolute Gasteiger partial charge is 0.297 e. The second kappa shape index (κ2) is 11.0. The van der Waals surface area contributed by atoms with E-state index >= 15 is 0 Å². The first kappa shape index (κ1) is 17.9. The highest BCUT2D eigenvalue weighted by Crippen LogP contribution is 2.11. The summed E-state index contributed by atoms with van der Waals surface area (Å²) in [6.45, 7) is 5.95. The summed E-state index contributed by atoms with van der Waals surface area (Å²) in [5, 5.41) is 0. The predicted octanol–water partition coefficient (Wildman–Crippen LogP) is 2.27. The number of hydrogen-bond donors (Lipinski definition) is 2. The maximum Gasteiger partial charge on any atom is 0.297 e. The van der Waals surface area contributed by atoms with Crippen LogP contribution in [-0.4, -0.2) is 25.0 Å². The molecule has 0 bridgehead atoms. The predicted molar refractivity (Wildman–Crippen MR) is 64.5 cm³/mol. The van der Waals surface area contributed by atoms with Crippen LogP contribution in [0.25, 0.3) is 0 Å². The first-order valence-corrected chi connectivity index (χ1v) is 6.81. The van der Waals surface area contributed by atoms with Gasteiger partial charge in [-0.15, -0.1) is 6.58 Å². The molecule has 0 fully saturated rings. The number of nitrogens with two attached hydrogens (primary N) is 1. The summed E-state index contributed by atoms with van der Waals surface area (Å²) in [4.78, 5) is 0. The molecule has 1 unspecified atom stereocenters. The minimum atomic E-state index is -4.46. The third-order valence-corrected chi connectivity index (χ3v) is 2.66. The largest absolute Gasteiger partial charge is 0.327 e. The molecule has 98 valence electrons. The van der Waals surface area contributed by atoms with Crippen molar-refractivity contribution in [1.29, 1.82) is 0 Å². The molecule has 0 aliphatic carbocycles. The van der Waals surface area contributed by atoms with Gasteiger partial charge in [0.25, 0.3) is 10.1 Å². The molecule has 3 N–H and O–H groups in total. The Kier molecular flexibility index (Phi) is 12.4. The summed E-state index contributed by atoms with van der Waals surface area (Å²) in [6.07, 6.45) is 4.86. The van der Waals surface area contributed by atoms with Crippen molar-refractivity contribution in [1.82, 2.24) is 0 Å². The van der Waals surface area contributed by atoms with Gasteiger partial charge in [0.2, 0.25) is 5.50 Å². The molecule has 6 heteroatoms. The van der Waals surface area contributed by atoms with E-state index < -0.39 is 15.6 Å². The van der Waals surface area contributed by atoms with Crippen molar-refractivity contribution < 1.29 is 17.4 Å². The number of halogens is 1. The number of alkyl halides is 1. The number of rotatable bonds is 7. The van der Waals surface area contributed by atoms with Crippen LogP contribution in [0.1, 0.15) is 39.0 Å². The molecular formula is C10H22FNO3S. The fraction of sp³-hybridized carbons (Fsp3) is 0.800. The van der Waals surface area contributed by atoms with Crippen molar-refractivity contribution in [3.63, 3.8) is 0 Å². The van der Waals surface area contributed by atoms with Gasteiger partial charge >= 0.3 is 0 Å². The lowest BCUT2D eigenvalue weighted by Crippen LogP contribution is -2.14. The Bertz CT molecular complexity index is 255. The van der Waals surface area contributed by atoms with Gasteiger partial charge in [0, 0.05) is 6.54 Å². The fourth-order valence-electron chi connectivity index (χ4n) is 0.881. The summed E-state index contributed by atoms with van der Waals surface area (Å²) in [5.41, 5.74) is 2.81. The van der Waals surface area contributed by atoms with E-state index in [9.17, 15) is 12.8 Å². The summed E-state index contributed by atoms with van der Waals surface area (Å²) in [6, 6.07) is 0. The van der Waals surface area contributed by atoms with Crippen LogP contribution in [0.3, 0.4) is 0 Å².